The Hall–Kier alpha value is -1.35. The highest BCUT2D eigenvalue weighted by molar-refractivity contribution is 5.78. The molecule has 0 aliphatic heterocycles. The maximum Gasteiger partial charge on any atom is 0.223 e. The SMILES string of the molecule is CC1CCC(C(=O)NCC(C)(O)c2ccccc2)CC1. The lowest BCUT2D eigenvalue weighted by Crippen LogP contribution is -2.41. The fourth-order valence-corrected chi connectivity index (χ4v) is 2.83. The Morgan fingerprint density at radius 1 is 1.25 bits per heavy atom. The van der Waals surface area contributed by atoms with Crippen molar-refractivity contribution in [1.29, 1.82) is 0 Å². The van der Waals surface area contributed by atoms with E-state index in [1.54, 1.807) is 6.92 Å². The first-order valence-corrected chi connectivity index (χ1v) is 7.54. The second-order valence-corrected chi connectivity index (χ2v) is 6.31. The summed E-state index contributed by atoms with van der Waals surface area (Å²) in [5, 5.41) is 13.4. The number of benzene rings is 1. The topological polar surface area (TPSA) is 49.3 Å². The molecule has 1 aromatic carbocycles. The van der Waals surface area contributed by atoms with Crippen LogP contribution in [0.1, 0.15) is 45.1 Å². The monoisotopic (exact) mass is 275 g/mol. The Bertz CT molecular complexity index is 434. The second kappa shape index (κ2) is 6.40. The molecule has 20 heavy (non-hydrogen) atoms. The van der Waals surface area contributed by atoms with E-state index in [-0.39, 0.29) is 18.4 Å². The van der Waals surface area contributed by atoms with Gasteiger partial charge in [0.15, 0.2) is 0 Å². The first kappa shape index (κ1) is 15.0. The lowest BCUT2D eigenvalue weighted by Gasteiger charge is -2.28. The molecule has 3 nitrogen and oxygen atoms in total. The largest absolute Gasteiger partial charge is 0.384 e. The standard InChI is InChI=1S/C17H25NO2/c1-13-8-10-14(11-9-13)16(19)18-12-17(2,20)15-6-4-3-5-7-15/h3-7,13-14,20H,8-12H2,1-2H3,(H,18,19). The Morgan fingerprint density at radius 2 is 1.85 bits per heavy atom. The number of rotatable bonds is 4. The van der Waals surface area contributed by atoms with Crippen LogP contribution in [0.2, 0.25) is 0 Å². The molecule has 0 saturated heterocycles. The zero-order valence-corrected chi connectivity index (χ0v) is 12.4. The third kappa shape index (κ3) is 3.83. The maximum atomic E-state index is 12.2. The lowest BCUT2D eigenvalue weighted by molar-refractivity contribution is -0.127. The summed E-state index contributed by atoms with van der Waals surface area (Å²) in [6.07, 6.45) is 4.21. The first-order valence-electron chi connectivity index (χ1n) is 7.54. The van der Waals surface area contributed by atoms with Crippen LogP contribution in [0.4, 0.5) is 0 Å². The molecule has 0 aromatic heterocycles. The number of carbonyl (C=O) groups is 1. The molecular formula is C17H25NO2. The van der Waals surface area contributed by atoms with Crippen LogP contribution in [0.15, 0.2) is 30.3 Å². The zero-order chi connectivity index (χ0) is 14.6. The van der Waals surface area contributed by atoms with Gasteiger partial charge < -0.3 is 10.4 Å². The molecule has 1 atom stereocenters. The molecule has 1 aliphatic rings. The third-order valence-electron chi connectivity index (χ3n) is 4.39. The van der Waals surface area contributed by atoms with E-state index in [1.165, 1.54) is 0 Å². The fraction of sp³-hybridized carbons (Fsp3) is 0.588. The minimum absolute atomic E-state index is 0.0908. The van der Waals surface area contributed by atoms with Crippen molar-refractivity contribution in [3.8, 4) is 0 Å². The van der Waals surface area contributed by atoms with Crippen molar-refractivity contribution in [3.05, 3.63) is 35.9 Å². The molecule has 0 spiro atoms. The van der Waals surface area contributed by atoms with Crippen LogP contribution in [0, 0.1) is 11.8 Å². The van der Waals surface area contributed by atoms with Gasteiger partial charge in [-0.1, -0.05) is 37.3 Å². The quantitative estimate of drug-likeness (QED) is 0.887. The fourth-order valence-electron chi connectivity index (χ4n) is 2.83. The van der Waals surface area contributed by atoms with Crippen molar-refractivity contribution >= 4 is 5.91 Å². The van der Waals surface area contributed by atoms with Crippen LogP contribution in [-0.4, -0.2) is 17.6 Å². The van der Waals surface area contributed by atoms with Gasteiger partial charge in [-0.25, -0.2) is 0 Å². The predicted molar refractivity (Wildman–Crippen MR) is 80.1 cm³/mol. The van der Waals surface area contributed by atoms with Gasteiger partial charge in [-0.05, 0) is 44.1 Å². The van der Waals surface area contributed by atoms with E-state index in [0.717, 1.165) is 37.2 Å². The van der Waals surface area contributed by atoms with E-state index in [2.05, 4.69) is 12.2 Å². The molecule has 1 saturated carbocycles. The second-order valence-electron chi connectivity index (χ2n) is 6.31. The van der Waals surface area contributed by atoms with E-state index < -0.39 is 5.60 Å². The molecule has 1 aliphatic carbocycles. The third-order valence-corrected chi connectivity index (χ3v) is 4.39. The molecular weight excluding hydrogens is 250 g/mol. The van der Waals surface area contributed by atoms with Gasteiger partial charge in [-0.15, -0.1) is 0 Å². The summed E-state index contributed by atoms with van der Waals surface area (Å²) in [4.78, 5) is 12.2. The minimum atomic E-state index is -1.02. The van der Waals surface area contributed by atoms with Crippen LogP contribution in [-0.2, 0) is 10.4 Å². The van der Waals surface area contributed by atoms with E-state index in [1.807, 2.05) is 30.3 Å². The van der Waals surface area contributed by atoms with Gasteiger partial charge in [0.05, 0.1) is 6.54 Å². The summed E-state index contributed by atoms with van der Waals surface area (Å²) in [6, 6.07) is 9.48. The number of hydrogen-bond donors (Lipinski definition) is 2. The molecule has 2 N–H and O–H groups in total. The highest BCUT2D eigenvalue weighted by atomic mass is 16.3. The van der Waals surface area contributed by atoms with Crippen LogP contribution in [0.3, 0.4) is 0 Å². The highest BCUT2D eigenvalue weighted by Gasteiger charge is 2.27. The number of nitrogens with one attached hydrogen (secondary N) is 1. The van der Waals surface area contributed by atoms with Gasteiger partial charge in [0, 0.05) is 5.92 Å². The Kier molecular flexibility index (Phi) is 4.81. The van der Waals surface area contributed by atoms with Crippen LogP contribution >= 0.6 is 0 Å². The molecule has 0 bridgehead atoms. The van der Waals surface area contributed by atoms with E-state index in [9.17, 15) is 9.90 Å². The smallest absolute Gasteiger partial charge is 0.223 e. The van der Waals surface area contributed by atoms with Gasteiger partial charge in [0.1, 0.15) is 5.60 Å². The lowest BCUT2D eigenvalue weighted by atomic mass is 9.82. The average Bonchev–Trinajstić information content (AvgIpc) is 2.46. The van der Waals surface area contributed by atoms with E-state index in [4.69, 9.17) is 0 Å². The van der Waals surface area contributed by atoms with Crippen LogP contribution < -0.4 is 5.32 Å². The minimum Gasteiger partial charge on any atom is -0.384 e. The Morgan fingerprint density at radius 3 is 2.45 bits per heavy atom. The Labute approximate surface area is 121 Å². The molecule has 1 aromatic rings. The van der Waals surface area contributed by atoms with Crippen molar-refractivity contribution < 1.29 is 9.90 Å². The summed E-state index contributed by atoms with van der Waals surface area (Å²) >= 11 is 0. The molecule has 0 heterocycles. The van der Waals surface area contributed by atoms with Gasteiger partial charge in [0.2, 0.25) is 5.91 Å². The van der Waals surface area contributed by atoms with Gasteiger partial charge in [0.25, 0.3) is 0 Å². The number of aliphatic hydroxyl groups is 1. The summed E-state index contributed by atoms with van der Waals surface area (Å²) in [7, 11) is 0. The number of carbonyl (C=O) groups excluding carboxylic acids is 1. The molecule has 1 fully saturated rings. The molecule has 110 valence electrons. The van der Waals surface area contributed by atoms with Gasteiger partial charge in [-0.3, -0.25) is 4.79 Å². The summed E-state index contributed by atoms with van der Waals surface area (Å²) in [5.41, 5.74) is -0.184. The van der Waals surface area contributed by atoms with Crippen molar-refractivity contribution in [1.82, 2.24) is 5.32 Å². The summed E-state index contributed by atoms with van der Waals surface area (Å²) < 4.78 is 0. The Balaban J connectivity index is 1.86. The molecule has 1 unspecified atom stereocenters. The van der Waals surface area contributed by atoms with E-state index >= 15 is 0 Å². The van der Waals surface area contributed by atoms with Crippen LogP contribution in [0.25, 0.3) is 0 Å². The molecule has 0 radical (unpaired) electrons. The summed E-state index contributed by atoms with van der Waals surface area (Å²) in [5.74, 6) is 0.956. The van der Waals surface area contributed by atoms with Gasteiger partial charge >= 0.3 is 0 Å². The molecule has 3 heteroatoms. The molecule has 2 rings (SSSR count). The van der Waals surface area contributed by atoms with E-state index in [0.29, 0.717) is 0 Å². The van der Waals surface area contributed by atoms with Crippen molar-refractivity contribution in [2.24, 2.45) is 11.8 Å². The first-order chi connectivity index (χ1) is 9.49. The zero-order valence-electron chi connectivity index (χ0n) is 12.4. The van der Waals surface area contributed by atoms with Crippen molar-refractivity contribution in [2.75, 3.05) is 6.54 Å². The summed E-state index contributed by atoms with van der Waals surface area (Å²) in [6.45, 7) is 4.25. The van der Waals surface area contributed by atoms with Crippen molar-refractivity contribution in [3.63, 3.8) is 0 Å². The average molecular weight is 275 g/mol. The maximum absolute atomic E-state index is 12.2. The number of amides is 1. The van der Waals surface area contributed by atoms with Crippen molar-refractivity contribution in [2.45, 2.75) is 45.1 Å². The number of hydrogen-bond acceptors (Lipinski definition) is 2. The normalized spacial score (nSPS) is 25.8. The highest BCUT2D eigenvalue weighted by Crippen LogP contribution is 2.28. The molecule has 1 amide bonds. The van der Waals surface area contributed by atoms with Gasteiger partial charge in [-0.2, -0.15) is 0 Å². The van der Waals surface area contributed by atoms with Crippen LogP contribution in [0.5, 0.6) is 0 Å². The predicted octanol–water partition coefficient (Wildman–Crippen LogP) is 2.84.